The van der Waals surface area contributed by atoms with E-state index < -0.39 is 29.1 Å². The lowest BCUT2D eigenvalue weighted by Gasteiger charge is -2.12. The van der Waals surface area contributed by atoms with Gasteiger partial charge in [0.15, 0.2) is 0 Å². The number of rotatable bonds is 3. The van der Waals surface area contributed by atoms with Crippen molar-refractivity contribution in [3.05, 3.63) is 88.7 Å². The number of nitrogens with zero attached hydrogens (tertiary/aromatic N) is 1. The molecule has 1 aromatic heterocycles. The highest BCUT2D eigenvalue weighted by molar-refractivity contribution is 6.33. The minimum Gasteiger partial charge on any atom is -0.267 e. The highest BCUT2D eigenvalue weighted by atomic mass is 35.5. The van der Waals surface area contributed by atoms with Crippen molar-refractivity contribution >= 4 is 23.4 Å². The first kappa shape index (κ1) is 20.3. The van der Waals surface area contributed by atoms with Crippen LogP contribution in [0.4, 0.5) is 13.2 Å². The van der Waals surface area contributed by atoms with Crippen molar-refractivity contribution in [2.45, 2.75) is 6.18 Å². The van der Waals surface area contributed by atoms with Crippen LogP contribution in [0, 0.1) is 0 Å². The highest BCUT2D eigenvalue weighted by Gasteiger charge is 2.31. The molecule has 0 aliphatic carbocycles. The summed E-state index contributed by atoms with van der Waals surface area (Å²) < 4.78 is 38.4. The van der Waals surface area contributed by atoms with E-state index in [1.54, 1.807) is 42.7 Å². The summed E-state index contributed by atoms with van der Waals surface area (Å²) in [5, 5.41) is -0.175. The lowest BCUT2D eigenvalue weighted by molar-refractivity contribution is -0.137. The molecule has 2 aromatic carbocycles. The molecule has 0 radical (unpaired) electrons. The summed E-state index contributed by atoms with van der Waals surface area (Å²) in [5.41, 5.74) is 4.73. The van der Waals surface area contributed by atoms with E-state index in [9.17, 15) is 22.8 Å². The Labute approximate surface area is 168 Å². The summed E-state index contributed by atoms with van der Waals surface area (Å²) in [7, 11) is 0. The van der Waals surface area contributed by atoms with E-state index in [4.69, 9.17) is 11.6 Å². The summed E-state index contributed by atoms with van der Waals surface area (Å²) in [6.07, 6.45) is -1.31. The van der Waals surface area contributed by atoms with Gasteiger partial charge < -0.3 is 0 Å². The van der Waals surface area contributed by atoms with Crippen LogP contribution in [0.3, 0.4) is 0 Å². The summed E-state index contributed by atoms with van der Waals surface area (Å²) in [5.74, 6) is -1.61. The Kier molecular flexibility index (Phi) is 5.84. The molecule has 0 aliphatic rings. The van der Waals surface area contributed by atoms with E-state index in [0.29, 0.717) is 6.07 Å². The van der Waals surface area contributed by atoms with Gasteiger partial charge in [-0.25, -0.2) is 0 Å². The van der Waals surface area contributed by atoms with Gasteiger partial charge >= 0.3 is 6.18 Å². The maximum atomic E-state index is 12.8. The average Bonchev–Trinajstić information content (AvgIpc) is 2.72. The normalized spacial score (nSPS) is 11.0. The van der Waals surface area contributed by atoms with Gasteiger partial charge in [-0.15, -0.1) is 0 Å². The molecule has 5 nitrogen and oxygen atoms in total. The predicted molar refractivity (Wildman–Crippen MR) is 101 cm³/mol. The molecule has 0 unspecified atom stereocenters. The van der Waals surface area contributed by atoms with Gasteiger partial charge in [-0.2, -0.15) is 13.2 Å². The zero-order valence-electron chi connectivity index (χ0n) is 14.6. The standard InChI is InChI=1S/C20H13ClF3N3O2/c21-17-8-7-15(20(22,23)24)10-16(17)19(29)27-26-18(28)13-5-3-12(4-6-13)14-2-1-9-25-11-14/h1-11H,(H,26,28)(H,27,29). The summed E-state index contributed by atoms with van der Waals surface area (Å²) in [6, 6.07) is 12.5. The molecule has 1 heterocycles. The van der Waals surface area contributed by atoms with Crippen molar-refractivity contribution in [3.63, 3.8) is 0 Å². The van der Waals surface area contributed by atoms with Crippen molar-refractivity contribution < 1.29 is 22.8 Å². The number of hydrazine groups is 1. The lowest BCUT2D eigenvalue weighted by atomic mass is 10.1. The van der Waals surface area contributed by atoms with Crippen molar-refractivity contribution in [2.24, 2.45) is 0 Å². The SMILES string of the molecule is O=C(NNC(=O)c1cc(C(F)(F)F)ccc1Cl)c1ccc(-c2cccnc2)cc1. The van der Waals surface area contributed by atoms with Crippen LogP contribution in [0.5, 0.6) is 0 Å². The van der Waals surface area contributed by atoms with Gasteiger partial charge in [-0.1, -0.05) is 29.8 Å². The monoisotopic (exact) mass is 419 g/mol. The van der Waals surface area contributed by atoms with E-state index in [0.717, 1.165) is 23.3 Å². The van der Waals surface area contributed by atoms with Crippen molar-refractivity contribution in [1.82, 2.24) is 15.8 Å². The van der Waals surface area contributed by atoms with Crippen LogP contribution in [-0.2, 0) is 6.18 Å². The second kappa shape index (κ2) is 8.32. The molecular weight excluding hydrogens is 407 g/mol. The minimum atomic E-state index is -4.63. The Hall–Kier alpha value is -3.39. The third-order valence-corrected chi connectivity index (χ3v) is 4.30. The Balaban J connectivity index is 1.67. The fourth-order valence-corrected chi connectivity index (χ4v) is 2.68. The molecule has 3 aromatic rings. The number of hydrogen-bond acceptors (Lipinski definition) is 3. The van der Waals surface area contributed by atoms with Gasteiger partial charge in [0.25, 0.3) is 11.8 Å². The first-order valence-electron chi connectivity index (χ1n) is 8.23. The summed E-state index contributed by atoms with van der Waals surface area (Å²) in [4.78, 5) is 28.3. The second-order valence-corrected chi connectivity index (χ2v) is 6.33. The molecule has 9 heteroatoms. The number of nitrogens with one attached hydrogen (secondary N) is 2. The Morgan fingerprint density at radius 3 is 2.21 bits per heavy atom. The Morgan fingerprint density at radius 2 is 1.59 bits per heavy atom. The minimum absolute atomic E-state index is 0.175. The average molecular weight is 420 g/mol. The van der Waals surface area contributed by atoms with Gasteiger partial charge in [0.1, 0.15) is 0 Å². The molecule has 2 amide bonds. The Bertz CT molecular complexity index is 1040. The number of carbonyl (C=O) groups is 2. The van der Waals surface area contributed by atoms with Gasteiger partial charge in [0.05, 0.1) is 16.1 Å². The third kappa shape index (κ3) is 4.91. The number of hydrogen-bond donors (Lipinski definition) is 2. The molecule has 148 valence electrons. The molecule has 0 bridgehead atoms. The zero-order valence-corrected chi connectivity index (χ0v) is 15.4. The van der Waals surface area contributed by atoms with Gasteiger partial charge in [-0.3, -0.25) is 25.4 Å². The number of alkyl halides is 3. The van der Waals surface area contributed by atoms with Crippen LogP contribution in [0.15, 0.2) is 67.0 Å². The number of amides is 2. The largest absolute Gasteiger partial charge is 0.416 e. The lowest BCUT2D eigenvalue weighted by Crippen LogP contribution is -2.41. The number of benzene rings is 2. The highest BCUT2D eigenvalue weighted by Crippen LogP contribution is 2.31. The van der Waals surface area contributed by atoms with Gasteiger partial charge in [0, 0.05) is 18.0 Å². The molecule has 0 aliphatic heterocycles. The van der Waals surface area contributed by atoms with Gasteiger partial charge in [0.2, 0.25) is 0 Å². The molecule has 0 atom stereocenters. The van der Waals surface area contributed by atoms with Crippen molar-refractivity contribution in [3.8, 4) is 11.1 Å². The van der Waals surface area contributed by atoms with Crippen LogP contribution < -0.4 is 10.9 Å². The second-order valence-electron chi connectivity index (χ2n) is 5.92. The topological polar surface area (TPSA) is 71.1 Å². The molecule has 0 fully saturated rings. The molecule has 0 spiro atoms. The van der Waals surface area contributed by atoms with E-state index in [-0.39, 0.29) is 10.6 Å². The van der Waals surface area contributed by atoms with Crippen LogP contribution in [0.2, 0.25) is 5.02 Å². The predicted octanol–water partition coefficient (Wildman–Crippen LogP) is 4.50. The molecule has 0 saturated carbocycles. The fraction of sp³-hybridized carbons (Fsp3) is 0.0500. The maximum absolute atomic E-state index is 12.8. The fourth-order valence-electron chi connectivity index (χ4n) is 2.48. The maximum Gasteiger partial charge on any atom is 0.416 e. The van der Waals surface area contributed by atoms with E-state index in [1.807, 2.05) is 6.07 Å². The third-order valence-electron chi connectivity index (χ3n) is 3.97. The van der Waals surface area contributed by atoms with Crippen LogP contribution in [0.25, 0.3) is 11.1 Å². The molecule has 29 heavy (non-hydrogen) atoms. The van der Waals surface area contributed by atoms with Crippen molar-refractivity contribution in [2.75, 3.05) is 0 Å². The smallest absolute Gasteiger partial charge is 0.267 e. The zero-order chi connectivity index (χ0) is 21.0. The first-order chi connectivity index (χ1) is 13.8. The van der Waals surface area contributed by atoms with Gasteiger partial charge in [-0.05, 0) is 47.5 Å². The molecule has 2 N–H and O–H groups in total. The van der Waals surface area contributed by atoms with E-state index in [2.05, 4.69) is 15.8 Å². The van der Waals surface area contributed by atoms with E-state index in [1.165, 1.54) is 0 Å². The number of aromatic nitrogens is 1. The summed E-state index contributed by atoms with van der Waals surface area (Å²) in [6.45, 7) is 0. The van der Waals surface area contributed by atoms with Crippen LogP contribution >= 0.6 is 11.6 Å². The number of carbonyl (C=O) groups excluding carboxylic acids is 2. The molecule has 0 saturated heterocycles. The van der Waals surface area contributed by atoms with E-state index >= 15 is 0 Å². The molecule has 3 rings (SSSR count). The number of pyridine rings is 1. The van der Waals surface area contributed by atoms with Crippen LogP contribution in [-0.4, -0.2) is 16.8 Å². The molecular formula is C20H13ClF3N3O2. The van der Waals surface area contributed by atoms with Crippen molar-refractivity contribution in [1.29, 1.82) is 0 Å². The first-order valence-corrected chi connectivity index (χ1v) is 8.61. The van der Waals surface area contributed by atoms with Crippen LogP contribution in [0.1, 0.15) is 26.3 Å². The Morgan fingerprint density at radius 1 is 0.897 bits per heavy atom. The summed E-state index contributed by atoms with van der Waals surface area (Å²) >= 11 is 5.80. The quantitative estimate of drug-likeness (QED) is 0.614. The number of halogens is 4.